The van der Waals surface area contributed by atoms with Gasteiger partial charge in [-0.3, -0.25) is 9.89 Å². The van der Waals surface area contributed by atoms with Crippen molar-refractivity contribution in [2.45, 2.75) is 51.4 Å². The van der Waals surface area contributed by atoms with Crippen LogP contribution in [0.4, 0.5) is 13.2 Å². The van der Waals surface area contributed by atoms with Crippen molar-refractivity contribution in [2.75, 3.05) is 26.7 Å². The molecular weight excluding hydrogens is 536 g/mol. The van der Waals surface area contributed by atoms with Crippen LogP contribution in [0.1, 0.15) is 49.0 Å². The van der Waals surface area contributed by atoms with Crippen LogP contribution >= 0.6 is 24.0 Å². The van der Waals surface area contributed by atoms with E-state index >= 15 is 0 Å². The van der Waals surface area contributed by atoms with Crippen LogP contribution in [0.2, 0.25) is 0 Å². The molecule has 0 spiro atoms. The lowest BCUT2D eigenvalue weighted by Gasteiger charge is -2.19. The van der Waals surface area contributed by atoms with Gasteiger partial charge in [0.05, 0.1) is 5.56 Å². The summed E-state index contributed by atoms with van der Waals surface area (Å²) in [4.78, 5) is 10.8. The van der Waals surface area contributed by atoms with Gasteiger partial charge in [0, 0.05) is 51.6 Å². The van der Waals surface area contributed by atoms with E-state index in [1.54, 1.807) is 19.2 Å². The maximum Gasteiger partial charge on any atom is 0.416 e. The minimum Gasteiger partial charge on any atom is -0.356 e. The van der Waals surface area contributed by atoms with Gasteiger partial charge in [-0.05, 0) is 24.1 Å². The molecule has 1 aromatic carbocycles. The van der Waals surface area contributed by atoms with Gasteiger partial charge in [-0.1, -0.05) is 31.1 Å². The molecule has 1 aliphatic heterocycles. The second-order valence-corrected chi connectivity index (χ2v) is 8.01. The van der Waals surface area contributed by atoms with Gasteiger partial charge in [0.15, 0.2) is 11.8 Å². The molecule has 2 heterocycles. The Kier molecular flexibility index (Phi) is 9.74. The molecule has 178 valence electrons. The molecule has 0 saturated carbocycles. The largest absolute Gasteiger partial charge is 0.416 e. The third-order valence-corrected chi connectivity index (χ3v) is 5.16. The van der Waals surface area contributed by atoms with Gasteiger partial charge in [0.2, 0.25) is 5.89 Å². The SMILES string of the molecule is CN=C(NCCc1nc(C(C)C)no1)NC1CCN(Cc2ccc(C(F)(F)F)cc2)C1.I. The Morgan fingerprint density at radius 3 is 2.59 bits per heavy atom. The van der Waals surface area contributed by atoms with Crippen molar-refractivity contribution in [3.8, 4) is 0 Å². The first-order chi connectivity index (χ1) is 14.7. The van der Waals surface area contributed by atoms with Gasteiger partial charge >= 0.3 is 6.18 Å². The highest BCUT2D eigenvalue weighted by Gasteiger charge is 2.30. The number of nitrogens with one attached hydrogen (secondary N) is 2. The number of rotatable bonds is 7. The lowest BCUT2D eigenvalue weighted by molar-refractivity contribution is -0.137. The molecule has 0 bridgehead atoms. The number of aliphatic imine (C=N–C) groups is 1. The molecule has 1 saturated heterocycles. The van der Waals surface area contributed by atoms with Gasteiger partial charge in [0.1, 0.15) is 0 Å². The number of guanidine groups is 1. The number of hydrogen-bond acceptors (Lipinski definition) is 5. The first-order valence-corrected chi connectivity index (χ1v) is 10.4. The van der Waals surface area contributed by atoms with Crippen LogP contribution in [0, 0.1) is 0 Å². The summed E-state index contributed by atoms with van der Waals surface area (Å²) in [7, 11) is 1.72. The number of hydrogen-bond donors (Lipinski definition) is 2. The predicted molar refractivity (Wildman–Crippen MR) is 127 cm³/mol. The monoisotopic (exact) mass is 566 g/mol. The number of halogens is 4. The van der Waals surface area contributed by atoms with Crippen molar-refractivity contribution >= 4 is 29.9 Å². The van der Waals surface area contributed by atoms with E-state index in [1.165, 1.54) is 0 Å². The van der Waals surface area contributed by atoms with E-state index in [9.17, 15) is 13.2 Å². The molecule has 0 radical (unpaired) electrons. The molecule has 1 fully saturated rings. The molecule has 7 nitrogen and oxygen atoms in total. The van der Waals surface area contributed by atoms with Crippen LogP contribution in [0.3, 0.4) is 0 Å². The third kappa shape index (κ3) is 7.61. The van der Waals surface area contributed by atoms with Crippen molar-refractivity contribution in [1.29, 1.82) is 0 Å². The quantitative estimate of drug-likeness (QED) is 0.302. The van der Waals surface area contributed by atoms with Crippen molar-refractivity contribution in [2.24, 2.45) is 4.99 Å². The first kappa shape index (κ1) is 26.4. The molecule has 2 aromatic rings. The summed E-state index contributed by atoms with van der Waals surface area (Å²) in [6.07, 6.45) is -2.77. The average Bonchev–Trinajstić information content (AvgIpc) is 3.36. The molecule has 11 heteroatoms. The maximum atomic E-state index is 12.7. The minimum atomic E-state index is -4.30. The fourth-order valence-electron chi connectivity index (χ4n) is 3.43. The summed E-state index contributed by atoms with van der Waals surface area (Å²) in [5, 5.41) is 10.6. The summed E-state index contributed by atoms with van der Waals surface area (Å²) in [6, 6.07) is 5.59. The van der Waals surface area contributed by atoms with Crippen LogP contribution < -0.4 is 10.6 Å². The number of likely N-dealkylation sites (tertiary alicyclic amines) is 1. The van der Waals surface area contributed by atoms with E-state index in [1.807, 2.05) is 13.8 Å². The zero-order chi connectivity index (χ0) is 22.4. The molecule has 1 atom stereocenters. The normalized spacial score (nSPS) is 17.5. The summed E-state index contributed by atoms with van der Waals surface area (Å²) >= 11 is 0. The van der Waals surface area contributed by atoms with E-state index in [0.29, 0.717) is 37.2 Å². The van der Waals surface area contributed by atoms with Crippen molar-refractivity contribution < 1.29 is 17.7 Å². The topological polar surface area (TPSA) is 78.6 Å². The standard InChI is InChI=1S/C21H29F3N6O.HI/c1-14(2)19-28-18(31-29-19)8-10-26-20(25-3)27-17-9-11-30(13-17)12-15-4-6-16(7-5-15)21(22,23)24;/h4-7,14,17H,8-13H2,1-3H3,(H2,25,26,27);1H. The Labute approximate surface area is 203 Å². The molecule has 3 rings (SSSR count). The van der Waals surface area contributed by atoms with Gasteiger partial charge in [0.25, 0.3) is 0 Å². The fourth-order valence-corrected chi connectivity index (χ4v) is 3.43. The van der Waals surface area contributed by atoms with Crippen LogP contribution in [-0.2, 0) is 19.1 Å². The Morgan fingerprint density at radius 1 is 1.28 bits per heavy atom. The molecule has 2 N–H and O–H groups in total. The Hall–Kier alpha value is -1.89. The van der Waals surface area contributed by atoms with Crippen molar-refractivity contribution in [3.05, 3.63) is 47.1 Å². The second-order valence-electron chi connectivity index (χ2n) is 8.01. The number of benzene rings is 1. The van der Waals surface area contributed by atoms with Crippen LogP contribution in [-0.4, -0.2) is 53.7 Å². The Balaban J connectivity index is 0.00000363. The van der Waals surface area contributed by atoms with Crippen molar-refractivity contribution in [3.63, 3.8) is 0 Å². The van der Waals surface area contributed by atoms with E-state index in [-0.39, 0.29) is 35.9 Å². The van der Waals surface area contributed by atoms with Gasteiger partial charge in [-0.2, -0.15) is 18.2 Å². The molecule has 1 aliphatic rings. The van der Waals surface area contributed by atoms with E-state index in [0.717, 1.165) is 37.2 Å². The number of aromatic nitrogens is 2. The zero-order valence-electron chi connectivity index (χ0n) is 18.4. The summed E-state index contributed by atoms with van der Waals surface area (Å²) in [6.45, 7) is 6.93. The highest BCUT2D eigenvalue weighted by molar-refractivity contribution is 14.0. The highest BCUT2D eigenvalue weighted by Crippen LogP contribution is 2.29. The Bertz CT molecular complexity index is 869. The summed E-state index contributed by atoms with van der Waals surface area (Å²) in [5.41, 5.74) is 0.254. The molecular formula is C21H30F3IN6O. The van der Waals surface area contributed by atoms with Gasteiger partial charge < -0.3 is 15.2 Å². The molecule has 32 heavy (non-hydrogen) atoms. The van der Waals surface area contributed by atoms with E-state index < -0.39 is 11.7 Å². The fraction of sp³-hybridized carbons (Fsp3) is 0.571. The van der Waals surface area contributed by atoms with E-state index in [2.05, 4.69) is 30.7 Å². The predicted octanol–water partition coefficient (Wildman–Crippen LogP) is 3.81. The van der Waals surface area contributed by atoms with Gasteiger partial charge in [-0.25, -0.2) is 0 Å². The average molecular weight is 566 g/mol. The summed E-state index contributed by atoms with van der Waals surface area (Å²) < 4.78 is 43.3. The van der Waals surface area contributed by atoms with Crippen LogP contribution in [0.25, 0.3) is 0 Å². The maximum absolute atomic E-state index is 12.7. The van der Waals surface area contributed by atoms with Crippen LogP contribution in [0.15, 0.2) is 33.8 Å². The van der Waals surface area contributed by atoms with Crippen LogP contribution in [0.5, 0.6) is 0 Å². The minimum absolute atomic E-state index is 0. The number of nitrogens with zero attached hydrogens (tertiary/aromatic N) is 4. The van der Waals surface area contributed by atoms with Gasteiger partial charge in [-0.15, -0.1) is 24.0 Å². The zero-order valence-corrected chi connectivity index (χ0v) is 20.8. The van der Waals surface area contributed by atoms with Crippen molar-refractivity contribution in [1.82, 2.24) is 25.7 Å². The molecule has 1 aromatic heterocycles. The molecule has 0 aliphatic carbocycles. The second kappa shape index (κ2) is 11.8. The molecule has 0 amide bonds. The summed E-state index contributed by atoms with van der Waals surface area (Å²) in [5.74, 6) is 2.23. The van der Waals surface area contributed by atoms with E-state index in [4.69, 9.17) is 4.52 Å². The highest BCUT2D eigenvalue weighted by atomic mass is 127. The molecule has 1 unspecified atom stereocenters. The lowest BCUT2D eigenvalue weighted by atomic mass is 10.1. The lowest BCUT2D eigenvalue weighted by Crippen LogP contribution is -2.45. The number of alkyl halides is 3. The Morgan fingerprint density at radius 2 is 2.00 bits per heavy atom. The first-order valence-electron chi connectivity index (χ1n) is 10.4. The third-order valence-electron chi connectivity index (χ3n) is 5.16. The smallest absolute Gasteiger partial charge is 0.356 e.